The second-order valence-corrected chi connectivity index (χ2v) is 5.35. The third-order valence-corrected chi connectivity index (χ3v) is 3.33. The fourth-order valence-electron chi connectivity index (χ4n) is 2.08. The van der Waals surface area contributed by atoms with E-state index in [2.05, 4.69) is 31.2 Å². The van der Waals surface area contributed by atoms with E-state index in [1.807, 2.05) is 0 Å². The summed E-state index contributed by atoms with van der Waals surface area (Å²) in [5.41, 5.74) is 0. The molecule has 0 amide bonds. The molecule has 0 aliphatic rings. The van der Waals surface area contributed by atoms with Gasteiger partial charge in [-0.25, -0.2) is 0 Å². The average Bonchev–Trinajstić information content (AvgIpc) is 2.43. The topological polar surface area (TPSA) is 40.1 Å². The zero-order valence-corrected chi connectivity index (χ0v) is 14.1. The van der Waals surface area contributed by atoms with E-state index in [0.29, 0.717) is 0 Å². The first-order chi connectivity index (χ1) is 9.77. The van der Waals surface area contributed by atoms with Crippen molar-refractivity contribution < 1.29 is 28.8 Å². The molecule has 0 unspecified atom stereocenters. The molecule has 0 fully saturated rings. The average molecular weight is 286 g/mol. The Hall–Kier alpha value is -0.453. The van der Waals surface area contributed by atoms with E-state index in [4.69, 9.17) is 0 Å². The Labute approximate surface area is 143 Å². The van der Waals surface area contributed by atoms with Gasteiger partial charge in [-0.2, -0.15) is 0 Å². The van der Waals surface area contributed by atoms with Crippen molar-refractivity contribution in [2.75, 3.05) is 0 Å². The van der Waals surface area contributed by atoms with Crippen LogP contribution in [0.2, 0.25) is 0 Å². The predicted molar refractivity (Wildman–Crippen MR) is 84.4 cm³/mol. The predicted octanol–water partition coefficient (Wildman–Crippen LogP) is 1.55. The Bertz CT molecular complexity index is 272. The van der Waals surface area contributed by atoms with Crippen LogP contribution in [-0.4, -0.2) is 5.97 Å². The van der Waals surface area contributed by atoms with Crippen LogP contribution < -0.4 is 24.0 Å². The van der Waals surface area contributed by atoms with E-state index in [0.717, 1.165) is 32.1 Å². The second kappa shape index (κ2) is 19.5. The molecule has 0 aliphatic carbocycles. The fraction of sp³-hybridized carbons (Fsp3) is 0.722. The fourth-order valence-corrected chi connectivity index (χ4v) is 2.08. The van der Waals surface area contributed by atoms with E-state index in [1.54, 1.807) is 0 Å². The molecule has 0 aromatic heterocycles. The third kappa shape index (κ3) is 22.0. The molecule has 0 radical (unpaired) electrons. The molecule has 0 aromatic rings. The minimum Gasteiger partial charge on any atom is -0.550 e. The molecule has 116 valence electrons. The molecule has 2 nitrogen and oxygen atoms in total. The first-order valence-electron chi connectivity index (χ1n) is 8.27. The first kappa shape index (κ1) is 22.8. The normalized spacial score (nSPS) is 11.1. The van der Waals surface area contributed by atoms with Crippen molar-refractivity contribution in [1.82, 2.24) is 0 Å². The van der Waals surface area contributed by atoms with Gasteiger partial charge in [-0.05, 0) is 44.9 Å². The van der Waals surface area contributed by atoms with Gasteiger partial charge in [0.2, 0.25) is 0 Å². The van der Waals surface area contributed by atoms with Crippen molar-refractivity contribution in [2.24, 2.45) is 0 Å². The van der Waals surface area contributed by atoms with Crippen LogP contribution in [0.1, 0.15) is 84.0 Å². The molecule has 0 aliphatic heterocycles. The van der Waals surface area contributed by atoms with Gasteiger partial charge < -0.3 is 9.90 Å². The molecular weight excluding hydrogens is 255 g/mol. The van der Waals surface area contributed by atoms with Gasteiger partial charge in [0, 0.05) is 5.97 Å². The molecule has 0 bridgehead atoms. The van der Waals surface area contributed by atoms with Crippen molar-refractivity contribution >= 4 is 5.97 Å². The maximum Gasteiger partial charge on any atom is 1.00 e. The number of hydrogen-bond donors (Lipinski definition) is 0. The van der Waals surface area contributed by atoms with Crippen LogP contribution in [-0.2, 0) is 4.79 Å². The summed E-state index contributed by atoms with van der Waals surface area (Å²) in [6.45, 7) is 2.23. The summed E-state index contributed by atoms with van der Waals surface area (Å²) in [6.07, 6.45) is 21.9. The molecule has 0 rings (SSSR count). The van der Waals surface area contributed by atoms with Crippen molar-refractivity contribution in [2.45, 2.75) is 84.0 Å². The van der Waals surface area contributed by atoms with Crippen LogP contribution in [0.3, 0.4) is 0 Å². The van der Waals surface area contributed by atoms with Crippen molar-refractivity contribution in [1.29, 1.82) is 0 Å². The van der Waals surface area contributed by atoms with E-state index < -0.39 is 5.97 Å². The zero-order chi connectivity index (χ0) is 14.9. The zero-order valence-electron chi connectivity index (χ0n) is 14.1. The Morgan fingerprint density at radius 3 is 1.90 bits per heavy atom. The summed E-state index contributed by atoms with van der Waals surface area (Å²) in [6, 6.07) is 0. The van der Waals surface area contributed by atoms with Crippen molar-refractivity contribution in [3.63, 3.8) is 0 Å². The number of carboxylic acid groups (broad SMARTS) is 1. The summed E-state index contributed by atoms with van der Waals surface area (Å²) < 4.78 is 0. The van der Waals surface area contributed by atoms with E-state index in [9.17, 15) is 9.90 Å². The molecule has 0 heterocycles. The van der Waals surface area contributed by atoms with Crippen LogP contribution in [0, 0.1) is 0 Å². The summed E-state index contributed by atoms with van der Waals surface area (Å²) >= 11 is 0. The van der Waals surface area contributed by atoms with Gasteiger partial charge in [0.1, 0.15) is 0 Å². The largest absolute Gasteiger partial charge is 1.00 e. The molecule has 0 N–H and O–H groups in total. The molecule has 0 saturated carbocycles. The van der Waals surface area contributed by atoms with Crippen LogP contribution in [0.15, 0.2) is 24.3 Å². The van der Waals surface area contributed by atoms with Gasteiger partial charge in [0.05, 0.1) is 0 Å². The second-order valence-electron chi connectivity index (χ2n) is 5.35. The Morgan fingerprint density at radius 2 is 1.33 bits per heavy atom. The number of rotatable bonds is 14. The SMILES string of the molecule is CCCCCC=CCC=CCCCCCCCC(=O)[O-].[Li+]. The molecular formula is C18H31LiO2. The molecule has 0 atom stereocenters. The van der Waals surface area contributed by atoms with Gasteiger partial charge >= 0.3 is 18.9 Å². The van der Waals surface area contributed by atoms with Gasteiger partial charge in [-0.15, -0.1) is 0 Å². The molecule has 0 saturated heterocycles. The van der Waals surface area contributed by atoms with Crippen LogP contribution in [0.4, 0.5) is 0 Å². The van der Waals surface area contributed by atoms with E-state index in [-0.39, 0.29) is 25.3 Å². The van der Waals surface area contributed by atoms with Crippen molar-refractivity contribution in [3.05, 3.63) is 24.3 Å². The van der Waals surface area contributed by atoms with E-state index >= 15 is 0 Å². The third-order valence-electron chi connectivity index (χ3n) is 3.33. The summed E-state index contributed by atoms with van der Waals surface area (Å²) in [5.74, 6) is -0.921. The smallest absolute Gasteiger partial charge is 0.550 e. The molecule has 0 aromatic carbocycles. The Kier molecular flexibility index (Phi) is 21.2. The monoisotopic (exact) mass is 286 g/mol. The summed E-state index contributed by atoms with van der Waals surface area (Å²) in [7, 11) is 0. The number of carbonyl (C=O) groups is 1. The maximum atomic E-state index is 10.2. The van der Waals surface area contributed by atoms with Crippen molar-refractivity contribution in [3.8, 4) is 0 Å². The number of carbonyl (C=O) groups excluding carboxylic acids is 1. The van der Waals surface area contributed by atoms with Crippen LogP contribution in [0.5, 0.6) is 0 Å². The number of hydrogen-bond acceptors (Lipinski definition) is 2. The summed E-state index contributed by atoms with van der Waals surface area (Å²) in [4.78, 5) is 10.2. The maximum absolute atomic E-state index is 10.2. The number of allylic oxidation sites excluding steroid dienone is 4. The number of aliphatic carboxylic acids is 1. The van der Waals surface area contributed by atoms with Crippen LogP contribution >= 0.6 is 0 Å². The molecule has 21 heavy (non-hydrogen) atoms. The van der Waals surface area contributed by atoms with Crippen LogP contribution in [0.25, 0.3) is 0 Å². The van der Waals surface area contributed by atoms with Gasteiger partial charge in [0.25, 0.3) is 0 Å². The van der Waals surface area contributed by atoms with E-state index in [1.165, 1.54) is 38.5 Å². The minimum absolute atomic E-state index is 0. The standard InChI is InChI=1S/C18H32O2.Li/c1-2-3-4-5-6-7-8-9-10-11-12-13-14-15-16-17-18(19)20;/h6-7,9-10H,2-5,8,11-17H2,1H3,(H,19,20);/q;+1/p-1. The van der Waals surface area contributed by atoms with Gasteiger partial charge in [-0.3, -0.25) is 0 Å². The number of carboxylic acids is 1. The molecule has 3 heteroatoms. The van der Waals surface area contributed by atoms with Gasteiger partial charge in [0.15, 0.2) is 0 Å². The quantitative estimate of drug-likeness (QED) is 0.276. The summed E-state index contributed by atoms with van der Waals surface area (Å²) in [5, 5.41) is 10.2. The number of unbranched alkanes of at least 4 members (excludes halogenated alkanes) is 8. The molecule has 0 spiro atoms. The minimum atomic E-state index is -0.921. The first-order valence-corrected chi connectivity index (χ1v) is 8.27. The van der Waals surface area contributed by atoms with Gasteiger partial charge in [-0.1, -0.05) is 63.3 Å². The Morgan fingerprint density at radius 1 is 0.810 bits per heavy atom. The Balaban J connectivity index is 0.